The molecular formula is C13H19Br2N3O2S. The Bertz CT molecular complexity index is 609. The molecule has 0 bridgehead atoms. The van der Waals surface area contributed by atoms with Gasteiger partial charge in [0.25, 0.3) is 0 Å². The van der Waals surface area contributed by atoms with Crippen molar-refractivity contribution in [1.82, 2.24) is 14.5 Å². The molecule has 0 spiro atoms. The second kappa shape index (κ2) is 7.06. The van der Waals surface area contributed by atoms with E-state index in [-0.39, 0.29) is 10.9 Å². The zero-order valence-corrected chi connectivity index (χ0v) is 16.0. The largest absolute Gasteiger partial charge is 0.303 e. The van der Waals surface area contributed by atoms with Crippen molar-refractivity contribution in [2.24, 2.45) is 0 Å². The minimum absolute atomic E-state index is 0.188. The van der Waals surface area contributed by atoms with Crippen molar-refractivity contribution in [3.8, 4) is 0 Å². The summed E-state index contributed by atoms with van der Waals surface area (Å²) < 4.78 is 28.9. The zero-order chi connectivity index (χ0) is 15.6. The molecule has 0 aliphatic carbocycles. The molecule has 1 N–H and O–H groups in total. The van der Waals surface area contributed by atoms with E-state index in [1.807, 2.05) is 7.05 Å². The average Bonchev–Trinajstić information content (AvgIpc) is 2.39. The number of nitrogens with zero attached hydrogens (tertiary/aromatic N) is 2. The standard InChI is InChI=1S/C13H19Br2N3O2S/c1-17-5-6-18(2)11(9-17)8-16-21(19,20)13-4-3-10(14)7-12(13)15/h3-4,7,11,16H,5-6,8-9H2,1-2H3. The number of hydrogen-bond acceptors (Lipinski definition) is 4. The molecule has 0 radical (unpaired) electrons. The highest BCUT2D eigenvalue weighted by Crippen LogP contribution is 2.25. The average molecular weight is 441 g/mol. The van der Waals surface area contributed by atoms with Crippen LogP contribution in [0.5, 0.6) is 0 Å². The van der Waals surface area contributed by atoms with E-state index in [1.54, 1.807) is 18.2 Å². The van der Waals surface area contributed by atoms with E-state index in [1.165, 1.54) is 0 Å². The highest BCUT2D eigenvalue weighted by molar-refractivity contribution is 9.11. The fourth-order valence-electron chi connectivity index (χ4n) is 2.30. The topological polar surface area (TPSA) is 52.6 Å². The summed E-state index contributed by atoms with van der Waals surface area (Å²) in [6, 6.07) is 5.23. The summed E-state index contributed by atoms with van der Waals surface area (Å²) in [5.74, 6) is 0. The highest BCUT2D eigenvalue weighted by atomic mass is 79.9. The van der Waals surface area contributed by atoms with Gasteiger partial charge in [0.15, 0.2) is 0 Å². The van der Waals surface area contributed by atoms with Crippen molar-refractivity contribution in [1.29, 1.82) is 0 Å². The van der Waals surface area contributed by atoms with Gasteiger partial charge in [-0.3, -0.25) is 4.90 Å². The summed E-state index contributed by atoms with van der Waals surface area (Å²) in [6.45, 7) is 3.23. The fraction of sp³-hybridized carbons (Fsp3) is 0.538. The molecule has 5 nitrogen and oxygen atoms in total. The zero-order valence-electron chi connectivity index (χ0n) is 12.0. The summed E-state index contributed by atoms with van der Waals surface area (Å²) in [4.78, 5) is 4.67. The van der Waals surface area contributed by atoms with Crippen LogP contribution in [-0.2, 0) is 10.0 Å². The summed E-state index contributed by atoms with van der Waals surface area (Å²) in [6.07, 6.45) is 0. The molecule has 8 heteroatoms. The van der Waals surface area contributed by atoms with Crippen molar-refractivity contribution in [2.75, 3.05) is 40.3 Å². The number of nitrogens with one attached hydrogen (secondary N) is 1. The molecular weight excluding hydrogens is 422 g/mol. The van der Waals surface area contributed by atoms with Crippen molar-refractivity contribution < 1.29 is 8.42 Å². The van der Waals surface area contributed by atoms with E-state index in [4.69, 9.17) is 0 Å². The third-order valence-electron chi connectivity index (χ3n) is 3.67. The van der Waals surface area contributed by atoms with Crippen LogP contribution in [0.15, 0.2) is 32.0 Å². The summed E-state index contributed by atoms with van der Waals surface area (Å²) >= 11 is 6.62. The van der Waals surface area contributed by atoms with E-state index in [0.29, 0.717) is 11.0 Å². The van der Waals surface area contributed by atoms with Crippen LogP contribution in [-0.4, -0.2) is 64.5 Å². The van der Waals surface area contributed by atoms with Gasteiger partial charge in [0, 0.05) is 41.2 Å². The van der Waals surface area contributed by atoms with Gasteiger partial charge in [-0.25, -0.2) is 13.1 Å². The van der Waals surface area contributed by atoms with E-state index in [2.05, 4.69) is 53.4 Å². The molecule has 1 aliphatic heterocycles. The molecule has 1 atom stereocenters. The number of sulfonamides is 1. The Morgan fingerprint density at radius 1 is 1.29 bits per heavy atom. The monoisotopic (exact) mass is 439 g/mol. The molecule has 21 heavy (non-hydrogen) atoms. The number of piperazine rings is 1. The molecule has 1 unspecified atom stereocenters. The van der Waals surface area contributed by atoms with Gasteiger partial charge >= 0.3 is 0 Å². The number of hydrogen-bond donors (Lipinski definition) is 1. The van der Waals surface area contributed by atoms with E-state index in [9.17, 15) is 8.42 Å². The molecule has 1 fully saturated rings. The highest BCUT2D eigenvalue weighted by Gasteiger charge is 2.25. The third-order valence-corrected chi connectivity index (χ3v) is 6.57. The molecule has 118 valence electrons. The molecule has 0 aromatic heterocycles. The fourth-order valence-corrected chi connectivity index (χ4v) is 5.12. The van der Waals surface area contributed by atoms with Crippen LogP contribution in [0.3, 0.4) is 0 Å². The van der Waals surface area contributed by atoms with Crippen molar-refractivity contribution in [2.45, 2.75) is 10.9 Å². The first-order chi connectivity index (χ1) is 9.79. The lowest BCUT2D eigenvalue weighted by molar-refractivity contribution is 0.117. The van der Waals surface area contributed by atoms with Crippen LogP contribution in [0.1, 0.15) is 0 Å². The Kier molecular flexibility index (Phi) is 5.84. The normalized spacial score (nSPS) is 21.6. The first kappa shape index (κ1) is 17.4. The van der Waals surface area contributed by atoms with Crippen molar-refractivity contribution >= 4 is 41.9 Å². The van der Waals surface area contributed by atoms with Gasteiger partial charge in [0.05, 0.1) is 4.90 Å². The lowest BCUT2D eigenvalue weighted by Crippen LogP contribution is -2.54. The second-order valence-electron chi connectivity index (χ2n) is 5.32. The Labute approximate surface area is 143 Å². The van der Waals surface area contributed by atoms with Gasteiger partial charge in [-0.2, -0.15) is 0 Å². The molecule has 1 heterocycles. The van der Waals surface area contributed by atoms with Gasteiger partial charge in [0.1, 0.15) is 0 Å². The lowest BCUT2D eigenvalue weighted by atomic mass is 10.2. The number of halogens is 2. The van der Waals surface area contributed by atoms with Crippen molar-refractivity contribution in [3.05, 3.63) is 27.1 Å². The van der Waals surface area contributed by atoms with Crippen LogP contribution in [0.2, 0.25) is 0 Å². The summed E-state index contributed by atoms with van der Waals surface area (Å²) in [5.41, 5.74) is 0. The third kappa shape index (κ3) is 4.49. The van der Waals surface area contributed by atoms with Gasteiger partial charge in [-0.15, -0.1) is 0 Å². The van der Waals surface area contributed by atoms with Crippen molar-refractivity contribution in [3.63, 3.8) is 0 Å². The van der Waals surface area contributed by atoms with Gasteiger partial charge in [-0.05, 0) is 48.2 Å². The van der Waals surface area contributed by atoms with Crippen LogP contribution < -0.4 is 4.72 Å². The Balaban J connectivity index is 2.07. The van der Waals surface area contributed by atoms with Gasteiger partial charge in [0.2, 0.25) is 10.0 Å². The predicted molar refractivity (Wildman–Crippen MR) is 90.9 cm³/mol. The van der Waals surface area contributed by atoms with E-state index in [0.717, 1.165) is 24.1 Å². The second-order valence-corrected chi connectivity index (χ2v) is 8.83. The molecule has 1 aromatic rings. The number of likely N-dealkylation sites (N-methyl/N-ethyl adjacent to an activating group) is 2. The Morgan fingerprint density at radius 3 is 2.67 bits per heavy atom. The summed E-state index contributed by atoms with van der Waals surface area (Å²) in [7, 11) is 0.574. The Morgan fingerprint density at radius 2 is 2.00 bits per heavy atom. The maximum absolute atomic E-state index is 12.4. The lowest BCUT2D eigenvalue weighted by Gasteiger charge is -2.37. The van der Waals surface area contributed by atoms with Crippen LogP contribution in [0.4, 0.5) is 0 Å². The minimum Gasteiger partial charge on any atom is -0.303 e. The quantitative estimate of drug-likeness (QED) is 0.774. The van der Waals surface area contributed by atoms with Gasteiger partial charge in [-0.1, -0.05) is 15.9 Å². The molecule has 1 aliphatic rings. The Hall–Kier alpha value is 0.01000. The van der Waals surface area contributed by atoms with Crippen LogP contribution >= 0.6 is 31.9 Å². The molecule has 0 amide bonds. The number of benzene rings is 1. The van der Waals surface area contributed by atoms with Gasteiger partial charge < -0.3 is 4.90 Å². The molecule has 1 aromatic carbocycles. The van der Waals surface area contributed by atoms with Crippen LogP contribution in [0, 0.1) is 0 Å². The first-order valence-electron chi connectivity index (χ1n) is 6.63. The minimum atomic E-state index is -3.51. The smallest absolute Gasteiger partial charge is 0.241 e. The molecule has 2 rings (SSSR count). The predicted octanol–water partition coefficient (Wildman–Crippen LogP) is 1.74. The first-order valence-corrected chi connectivity index (χ1v) is 9.70. The molecule has 1 saturated heterocycles. The SMILES string of the molecule is CN1CCN(C)C(CNS(=O)(=O)c2ccc(Br)cc2Br)C1. The maximum atomic E-state index is 12.4. The maximum Gasteiger partial charge on any atom is 0.241 e. The van der Waals surface area contributed by atoms with E-state index >= 15 is 0 Å². The number of rotatable bonds is 4. The summed E-state index contributed by atoms with van der Waals surface area (Å²) in [5, 5.41) is 0. The molecule has 0 saturated carbocycles. The van der Waals surface area contributed by atoms with E-state index < -0.39 is 10.0 Å². The van der Waals surface area contributed by atoms with Crippen LogP contribution in [0.25, 0.3) is 0 Å².